The molecule has 1 fully saturated rings. The van der Waals surface area contributed by atoms with Crippen LogP contribution in [0.5, 0.6) is 5.75 Å². The van der Waals surface area contributed by atoms with Crippen LogP contribution < -0.4 is 15.4 Å². The zero-order valence-electron chi connectivity index (χ0n) is 16.0. The highest BCUT2D eigenvalue weighted by Crippen LogP contribution is 2.31. The molecule has 0 radical (unpaired) electrons. The van der Waals surface area contributed by atoms with Gasteiger partial charge in [-0.05, 0) is 38.9 Å². The first-order valence-corrected chi connectivity index (χ1v) is 9.16. The molecule has 0 aliphatic carbocycles. The van der Waals surface area contributed by atoms with Gasteiger partial charge in [0.1, 0.15) is 34.3 Å². The Morgan fingerprint density at radius 2 is 2.21 bits per heavy atom. The molecule has 3 N–H and O–H groups in total. The number of anilines is 1. The third-order valence-electron chi connectivity index (χ3n) is 4.76. The number of hydrogen-bond donors (Lipinski definition) is 3. The number of ether oxygens (including phenoxy) is 1. The van der Waals surface area contributed by atoms with Crippen LogP contribution in [0, 0.1) is 5.82 Å². The third kappa shape index (κ3) is 3.38. The van der Waals surface area contributed by atoms with Gasteiger partial charge in [-0.3, -0.25) is 0 Å². The highest BCUT2D eigenvalue weighted by Gasteiger charge is 2.26. The van der Waals surface area contributed by atoms with Crippen molar-refractivity contribution in [2.45, 2.75) is 31.9 Å². The van der Waals surface area contributed by atoms with Gasteiger partial charge in [0.2, 0.25) is 0 Å². The summed E-state index contributed by atoms with van der Waals surface area (Å²) in [6.07, 6.45) is 2.50. The van der Waals surface area contributed by atoms with E-state index in [0.29, 0.717) is 28.6 Å². The topological polar surface area (TPSA) is 96.6 Å². The van der Waals surface area contributed by atoms with Crippen LogP contribution in [0.3, 0.4) is 0 Å². The van der Waals surface area contributed by atoms with Crippen molar-refractivity contribution in [3.63, 3.8) is 0 Å². The standard InChI is InChI=1S/C19H23FN6O2/c1-19(2,27)18-14(28-3)8-16-22-10-13(26(16)25-18)17-12(20)4-5-15(24-17)23-11-6-7-21-9-11/h4-5,8,10-11,21,27H,6-7,9H2,1-3H3,(H,23,24). The van der Waals surface area contributed by atoms with Crippen LogP contribution in [0.15, 0.2) is 24.4 Å². The predicted octanol–water partition coefficient (Wildman–Crippen LogP) is 1.94. The summed E-state index contributed by atoms with van der Waals surface area (Å²) < 4.78 is 21.4. The van der Waals surface area contributed by atoms with Crippen LogP contribution in [0.25, 0.3) is 17.0 Å². The van der Waals surface area contributed by atoms with Gasteiger partial charge in [0.15, 0.2) is 11.5 Å². The van der Waals surface area contributed by atoms with Gasteiger partial charge >= 0.3 is 0 Å². The van der Waals surface area contributed by atoms with Crippen LogP contribution in [0.1, 0.15) is 26.0 Å². The van der Waals surface area contributed by atoms with Crippen molar-refractivity contribution >= 4 is 11.5 Å². The summed E-state index contributed by atoms with van der Waals surface area (Å²) in [6.45, 7) is 5.02. The number of halogens is 1. The maximum Gasteiger partial charge on any atom is 0.157 e. The Kier molecular flexibility index (Phi) is 4.64. The molecule has 0 spiro atoms. The van der Waals surface area contributed by atoms with E-state index in [4.69, 9.17) is 4.74 Å². The van der Waals surface area contributed by atoms with E-state index in [9.17, 15) is 9.50 Å². The number of aliphatic hydroxyl groups is 1. The molecule has 0 amide bonds. The summed E-state index contributed by atoms with van der Waals surface area (Å²) in [7, 11) is 1.50. The second-order valence-corrected chi connectivity index (χ2v) is 7.39. The van der Waals surface area contributed by atoms with Crippen LogP contribution in [0.2, 0.25) is 0 Å². The normalized spacial score (nSPS) is 17.2. The average molecular weight is 386 g/mol. The predicted molar refractivity (Wildman–Crippen MR) is 103 cm³/mol. The minimum atomic E-state index is -1.24. The molecular weight excluding hydrogens is 363 g/mol. The summed E-state index contributed by atoms with van der Waals surface area (Å²) in [5.74, 6) is 0.533. The molecule has 1 aliphatic heterocycles. The van der Waals surface area contributed by atoms with Gasteiger partial charge in [0.25, 0.3) is 0 Å². The van der Waals surface area contributed by atoms with E-state index in [1.807, 2.05) is 0 Å². The highest BCUT2D eigenvalue weighted by atomic mass is 19.1. The van der Waals surface area contributed by atoms with Gasteiger partial charge in [0.05, 0.1) is 13.3 Å². The minimum absolute atomic E-state index is 0.141. The Balaban J connectivity index is 1.80. The molecule has 3 aromatic heterocycles. The Hall–Kier alpha value is -2.78. The van der Waals surface area contributed by atoms with Crippen molar-refractivity contribution in [1.29, 1.82) is 0 Å². The van der Waals surface area contributed by atoms with Gasteiger partial charge in [-0.25, -0.2) is 18.9 Å². The summed E-state index contributed by atoms with van der Waals surface area (Å²) >= 11 is 0. The van der Waals surface area contributed by atoms with E-state index in [1.54, 1.807) is 26.0 Å². The first kappa shape index (κ1) is 18.6. The van der Waals surface area contributed by atoms with Crippen LogP contribution in [-0.4, -0.2) is 50.9 Å². The second kappa shape index (κ2) is 6.99. The van der Waals surface area contributed by atoms with Gasteiger partial charge in [0, 0.05) is 18.7 Å². The first-order valence-electron chi connectivity index (χ1n) is 9.16. The zero-order chi connectivity index (χ0) is 19.9. The molecule has 0 bridgehead atoms. The Labute approximate surface area is 161 Å². The molecule has 3 aromatic rings. The van der Waals surface area contributed by atoms with Gasteiger partial charge < -0.3 is 20.5 Å². The Morgan fingerprint density at radius 1 is 1.39 bits per heavy atom. The number of nitrogens with one attached hydrogen (secondary N) is 2. The molecule has 1 aliphatic rings. The number of nitrogens with zero attached hydrogens (tertiary/aromatic N) is 4. The van der Waals surface area contributed by atoms with E-state index in [0.717, 1.165) is 19.5 Å². The summed E-state index contributed by atoms with van der Waals surface area (Å²) in [5.41, 5.74) is 0.0934. The monoisotopic (exact) mass is 386 g/mol. The minimum Gasteiger partial charge on any atom is -0.495 e. The maximum absolute atomic E-state index is 14.6. The van der Waals surface area contributed by atoms with Crippen LogP contribution in [0.4, 0.5) is 10.2 Å². The molecule has 8 nitrogen and oxygen atoms in total. The fourth-order valence-electron chi connectivity index (χ4n) is 3.33. The van der Waals surface area contributed by atoms with E-state index < -0.39 is 11.4 Å². The molecule has 1 atom stereocenters. The lowest BCUT2D eigenvalue weighted by Crippen LogP contribution is -2.23. The summed E-state index contributed by atoms with van der Waals surface area (Å²) in [5, 5.41) is 21.5. The fourth-order valence-corrected chi connectivity index (χ4v) is 3.33. The van der Waals surface area contributed by atoms with Crippen molar-refractivity contribution in [1.82, 2.24) is 24.9 Å². The first-order chi connectivity index (χ1) is 13.4. The molecule has 9 heteroatoms. The van der Waals surface area contributed by atoms with E-state index in [2.05, 4.69) is 25.7 Å². The lowest BCUT2D eigenvalue weighted by Gasteiger charge is -2.19. The van der Waals surface area contributed by atoms with E-state index >= 15 is 0 Å². The average Bonchev–Trinajstić information content (AvgIpc) is 3.30. The van der Waals surface area contributed by atoms with Crippen LogP contribution >= 0.6 is 0 Å². The third-order valence-corrected chi connectivity index (χ3v) is 4.76. The molecule has 148 valence electrons. The second-order valence-electron chi connectivity index (χ2n) is 7.39. The van der Waals surface area contributed by atoms with Crippen molar-refractivity contribution in [2.75, 3.05) is 25.5 Å². The quantitative estimate of drug-likeness (QED) is 0.617. The number of imidazole rings is 1. The number of fused-ring (bicyclic) bond motifs is 1. The molecule has 0 aromatic carbocycles. The molecule has 4 heterocycles. The molecule has 28 heavy (non-hydrogen) atoms. The van der Waals surface area contributed by atoms with E-state index in [-0.39, 0.29) is 11.7 Å². The smallest absolute Gasteiger partial charge is 0.157 e. The highest BCUT2D eigenvalue weighted by molar-refractivity contribution is 5.63. The largest absolute Gasteiger partial charge is 0.495 e. The van der Waals surface area contributed by atoms with Crippen molar-refractivity contribution in [2.24, 2.45) is 0 Å². The van der Waals surface area contributed by atoms with E-state index in [1.165, 1.54) is 23.9 Å². The lowest BCUT2D eigenvalue weighted by atomic mass is 10.0. The summed E-state index contributed by atoms with van der Waals surface area (Å²) in [4.78, 5) is 8.76. The molecule has 0 saturated carbocycles. The van der Waals surface area contributed by atoms with Crippen molar-refractivity contribution in [3.8, 4) is 17.1 Å². The molecular formula is C19H23FN6O2. The number of aromatic nitrogens is 4. The lowest BCUT2D eigenvalue weighted by molar-refractivity contribution is 0.0694. The SMILES string of the molecule is COc1cc2ncc(-c3nc(NC4CCNC4)ccc3F)n2nc1C(C)(C)O. The summed E-state index contributed by atoms with van der Waals surface area (Å²) in [6, 6.07) is 4.93. The zero-order valence-corrected chi connectivity index (χ0v) is 16.0. The van der Waals surface area contributed by atoms with Gasteiger partial charge in [-0.2, -0.15) is 5.10 Å². The number of hydrogen-bond acceptors (Lipinski definition) is 7. The number of pyridine rings is 1. The van der Waals surface area contributed by atoms with Crippen LogP contribution in [-0.2, 0) is 5.60 Å². The van der Waals surface area contributed by atoms with Gasteiger partial charge in [-0.1, -0.05) is 0 Å². The van der Waals surface area contributed by atoms with Crippen molar-refractivity contribution < 1.29 is 14.2 Å². The molecule has 1 saturated heterocycles. The fraction of sp³-hybridized carbons (Fsp3) is 0.421. The molecule has 4 rings (SSSR count). The Morgan fingerprint density at radius 3 is 2.89 bits per heavy atom. The number of rotatable bonds is 5. The van der Waals surface area contributed by atoms with Crippen molar-refractivity contribution in [3.05, 3.63) is 35.9 Å². The van der Waals surface area contributed by atoms with Gasteiger partial charge in [-0.15, -0.1) is 0 Å². The maximum atomic E-state index is 14.6. The Bertz CT molecular complexity index is 1010. The molecule has 1 unspecified atom stereocenters. The number of methoxy groups -OCH3 is 1.